The summed E-state index contributed by atoms with van der Waals surface area (Å²) < 4.78 is 5.40. The third-order valence-corrected chi connectivity index (χ3v) is 5.77. The Bertz CT molecular complexity index is 1040. The van der Waals surface area contributed by atoms with E-state index in [4.69, 9.17) is 43.4 Å². The Hall–Kier alpha value is -2.79. The molecule has 0 atom stereocenters. The predicted molar refractivity (Wildman–Crippen MR) is 142 cm³/mol. The van der Waals surface area contributed by atoms with Crippen LogP contribution in [-0.2, 0) is 6.54 Å². The molecule has 0 bridgehead atoms. The van der Waals surface area contributed by atoms with Crippen molar-refractivity contribution in [3.05, 3.63) is 94.0 Å². The van der Waals surface area contributed by atoms with Gasteiger partial charge in [-0.25, -0.2) is 0 Å². The van der Waals surface area contributed by atoms with E-state index in [1.165, 1.54) is 5.56 Å². The second-order valence-electron chi connectivity index (χ2n) is 7.55. The summed E-state index contributed by atoms with van der Waals surface area (Å²) in [5.41, 5.74) is 2.93. The number of rotatable bonds is 6. The van der Waals surface area contributed by atoms with Crippen molar-refractivity contribution < 1.29 is 14.9 Å². The number of nitrogens with zero attached hydrogens (tertiary/aromatic N) is 3. The average molecular weight is 516 g/mol. The molecule has 1 aliphatic heterocycles. The van der Waals surface area contributed by atoms with Crippen molar-refractivity contribution in [2.75, 3.05) is 51.4 Å². The molecule has 35 heavy (non-hydrogen) atoms. The van der Waals surface area contributed by atoms with Gasteiger partial charge in [-0.1, -0.05) is 53.5 Å². The molecule has 186 valence electrons. The summed E-state index contributed by atoms with van der Waals surface area (Å²) in [6.45, 7) is 4.88. The number of hydrogen-bond donors (Lipinski definition) is 2. The number of benzene rings is 3. The van der Waals surface area contributed by atoms with Gasteiger partial charge in [0.2, 0.25) is 0 Å². The summed E-state index contributed by atoms with van der Waals surface area (Å²) in [6.07, 6.45) is 0. The van der Waals surface area contributed by atoms with E-state index in [0.29, 0.717) is 16.3 Å². The molecule has 1 aliphatic rings. The van der Waals surface area contributed by atoms with Crippen molar-refractivity contribution in [1.29, 1.82) is 5.26 Å². The van der Waals surface area contributed by atoms with Crippen molar-refractivity contribution in [2.24, 2.45) is 0 Å². The largest absolute Gasteiger partial charge is 0.491 e. The Kier molecular flexibility index (Phi) is 13.0. The Morgan fingerprint density at radius 3 is 2.09 bits per heavy atom. The molecule has 0 saturated carbocycles. The molecule has 1 fully saturated rings. The van der Waals surface area contributed by atoms with Crippen LogP contribution in [0, 0.1) is 11.3 Å². The number of piperazine rings is 1. The first-order chi connectivity index (χ1) is 17.1. The minimum absolute atomic E-state index is 0.0133. The molecule has 0 aromatic heterocycles. The van der Waals surface area contributed by atoms with Crippen molar-refractivity contribution in [1.82, 2.24) is 4.90 Å². The van der Waals surface area contributed by atoms with E-state index >= 15 is 0 Å². The second kappa shape index (κ2) is 16.0. The van der Waals surface area contributed by atoms with Gasteiger partial charge in [0.1, 0.15) is 12.4 Å². The zero-order chi connectivity index (χ0) is 25.5. The molecular weight excluding hydrogens is 485 g/mol. The van der Waals surface area contributed by atoms with Gasteiger partial charge in [0.25, 0.3) is 0 Å². The lowest BCUT2D eigenvalue weighted by atomic mass is 10.1. The van der Waals surface area contributed by atoms with Gasteiger partial charge < -0.3 is 19.8 Å². The average Bonchev–Trinajstić information content (AvgIpc) is 2.90. The van der Waals surface area contributed by atoms with Crippen molar-refractivity contribution >= 4 is 28.9 Å². The van der Waals surface area contributed by atoms with Gasteiger partial charge in [-0.15, -0.1) is 0 Å². The van der Waals surface area contributed by atoms with Gasteiger partial charge in [-0.3, -0.25) is 4.90 Å². The van der Waals surface area contributed by atoms with E-state index in [9.17, 15) is 0 Å². The molecule has 0 amide bonds. The van der Waals surface area contributed by atoms with Crippen LogP contribution in [0.15, 0.2) is 72.8 Å². The minimum atomic E-state index is -0.0133. The lowest BCUT2D eigenvalue weighted by Crippen LogP contribution is -2.46. The summed E-state index contributed by atoms with van der Waals surface area (Å²) in [6, 6.07) is 25.0. The zero-order valence-electron chi connectivity index (χ0n) is 19.8. The number of aliphatic hydroxyl groups excluding tert-OH is 2. The van der Waals surface area contributed by atoms with Crippen LogP contribution >= 0.6 is 23.2 Å². The summed E-state index contributed by atoms with van der Waals surface area (Å²) in [4.78, 5) is 4.69. The number of anilines is 1. The van der Waals surface area contributed by atoms with Crippen molar-refractivity contribution in [3.8, 4) is 11.8 Å². The Balaban J connectivity index is 0.000000407. The smallest absolute Gasteiger partial charge is 0.121 e. The molecule has 3 aromatic carbocycles. The van der Waals surface area contributed by atoms with Crippen LogP contribution in [0.2, 0.25) is 10.0 Å². The first-order valence-corrected chi connectivity index (χ1v) is 12.0. The molecule has 0 radical (unpaired) electrons. The molecule has 1 saturated heterocycles. The highest BCUT2D eigenvalue weighted by Gasteiger charge is 2.19. The summed E-state index contributed by atoms with van der Waals surface area (Å²) in [7, 11) is 1.00. The fraction of sp³-hybridized carbons (Fsp3) is 0.296. The second-order valence-corrected chi connectivity index (χ2v) is 8.40. The Labute approximate surface area is 217 Å². The van der Waals surface area contributed by atoms with Gasteiger partial charge in [0, 0.05) is 50.9 Å². The Morgan fingerprint density at radius 1 is 0.914 bits per heavy atom. The number of ether oxygens (including phenoxy) is 1. The van der Waals surface area contributed by atoms with Crippen LogP contribution in [0.25, 0.3) is 0 Å². The molecule has 3 aromatic rings. The highest BCUT2D eigenvalue weighted by Crippen LogP contribution is 2.30. The van der Waals surface area contributed by atoms with Crippen LogP contribution in [0.4, 0.5) is 5.69 Å². The molecule has 4 rings (SSSR count). The topological polar surface area (TPSA) is 80.0 Å². The molecular formula is C27H31Cl2N3O3. The van der Waals surface area contributed by atoms with E-state index < -0.39 is 0 Å². The Morgan fingerprint density at radius 2 is 1.57 bits per heavy atom. The number of halogens is 2. The third-order valence-electron chi connectivity index (χ3n) is 5.21. The van der Waals surface area contributed by atoms with E-state index in [2.05, 4.69) is 15.9 Å². The van der Waals surface area contributed by atoms with Gasteiger partial charge in [0.15, 0.2) is 0 Å². The van der Waals surface area contributed by atoms with Crippen LogP contribution < -0.4 is 9.64 Å². The first kappa shape index (κ1) is 28.4. The van der Waals surface area contributed by atoms with E-state index in [0.717, 1.165) is 50.5 Å². The molecule has 0 aliphatic carbocycles. The highest BCUT2D eigenvalue weighted by atomic mass is 35.5. The molecule has 6 nitrogen and oxygen atoms in total. The maximum absolute atomic E-state index is 8.87. The van der Waals surface area contributed by atoms with Crippen LogP contribution in [0.3, 0.4) is 0 Å². The van der Waals surface area contributed by atoms with Gasteiger partial charge in [0.05, 0.1) is 28.9 Å². The monoisotopic (exact) mass is 515 g/mol. The third kappa shape index (κ3) is 9.77. The lowest BCUT2D eigenvalue weighted by molar-refractivity contribution is 0.201. The van der Waals surface area contributed by atoms with Crippen molar-refractivity contribution in [3.63, 3.8) is 0 Å². The standard InChI is InChI=1S/C20H22ClN3O2.C6H5Cl.CH4O/c21-19-13-18(26-12-11-25)5-6-20(19)24-9-7-23(8-10-24)15-17-3-1-16(14-22)2-4-17;7-6-4-2-1-3-5-6;1-2/h1-6,13,25H,7-12,15H2;1-5H;2H,1H3. The van der Waals surface area contributed by atoms with Crippen LogP contribution in [0.5, 0.6) is 5.75 Å². The normalized spacial score (nSPS) is 13.0. The van der Waals surface area contributed by atoms with Gasteiger partial charge in [-0.2, -0.15) is 5.26 Å². The molecule has 2 N–H and O–H groups in total. The number of nitriles is 1. The lowest BCUT2D eigenvalue weighted by Gasteiger charge is -2.36. The fourth-order valence-electron chi connectivity index (χ4n) is 3.50. The zero-order valence-corrected chi connectivity index (χ0v) is 21.3. The van der Waals surface area contributed by atoms with Gasteiger partial charge >= 0.3 is 0 Å². The predicted octanol–water partition coefficient (Wildman–Crippen LogP) is 4.85. The minimum Gasteiger partial charge on any atom is -0.491 e. The fourth-order valence-corrected chi connectivity index (χ4v) is 3.94. The number of hydrogen-bond acceptors (Lipinski definition) is 6. The van der Waals surface area contributed by atoms with E-state index in [1.54, 1.807) is 6.07 Å². The van der Waals surface area contributed by atoms with Crippen LogP contribution in [0.1, 0.15) is 11.1 Å². The molecule has 8 heteroatoms. The first-order valence-electron chi connectivity index (χ1n) is 11.2. The highest BCUT2D eigenvalue weighted by molar-refractivity contribution is 6.33. The SMILES string of the molecule is CO.Clc1ccccc1.N#Cc1ccc(CN2CCN(c3ccc(OCCO)cc3Cl)CC2)cc1. The molecule has 0 spiro atoms. The summed E-state index contributed by atoms with van der Waals surface area (Å²) >= 11 is 12.0. The van der Waals surface area contributed by atoms with Crippen LogP contribution in [-0.4, -0.2) is 61.6 Å². The molecule has 1 heterocycles. The summed E-state index contributed by atoms with van der Waals surface area (Å²) in [5.74, 6) is 0.673. The molecule has 0 unspecified atom stereocenters. The van der Waals surface area contributed by atoms with Crippen molar-refractivity contribution in [2.45, 2.75) is 6.54 Å². The maximum atomic E-state index is 8.87. The van der Waals surface area contributed by atoms with E-state index in [1.807, 2.05) is 66.7 Å². The quantitative estimate of drug-likeness (QED) is 0.488. The number of aliphatic hydroxyl groups is 2. The van der Waals surface area contributed by atoms with E-state index in [-0.39, 0.29) is 13.2 Å². The summed E-state index contributed by atoms with van der Waals surface area (Å²) in [5, 5.41) is 26.2. The van der Waals surface area contributed by atoms with Gasteiger partial charge in [-0.05, 0) is 42.0 Å². The maximum Gasteiger partial charge on any atom is 0.121 e.